The molecule has 1 heterocycles. The molecule has 2 rings (SSSR count). The van der Waals surface area contributed by atoms with Crippen LogP contribution in [0.1, 0.15) is 19.3 Å². The Morgan fingerprint density at radius 3 is 3.08 bits per heavy atom. The van der Waals surface area contributed by atoms with Crippen molar-refractivity contribution in [3.63, 3.8) is 0 Å². The van der Waals surface area contributed by atoms with E-state index in [1.165, 1.54) is 0 Å². The van der Waals surface area contributed by atoms with Gasteiger partial charge in [0.1, 0.15) is 5.78 Å². The standard InChI is InChI=1S/C8H11N3O2/c9-11-10-4-7-3-8(5-13-7)1-6(12)2-8/h7H,1-5H2/t7-/m1/s1. The Morgan fingerprint density at radius 2 is 2.46 bits per heavy atom. The number of ketones is 1. The molecule has 1 spiro atoms. The van der Waals surface area contributed by atoms with E-state index in [9.17, 15) is 4.79 Å². The van der Waals surface area contributed by atoms with Crippen molar-refractivity contribution < 1.29 is 9.53 Å². The van der Waals surface area contributed by atoms with E-state index in [0.717, 1.165) is 6.42 Å². The fourth-order valence-electron chi connectivity index (χ4n) is 2.17. The second-order valence-electron chi connectivity index (χ2n) is 3.94. The van der Waals surface area contributed by atoms with Crippen LogP contribution in [0.3, 0.4) is 0 Å². The fraction of sp³-hybridized carbons (Fsp3) is 0.875. The number of rotatable bonds is 2. The minimum atomic E-state index is 0.0315. The summed E-state index contributed by atoms with van der Waals surface area (Å²) in [6, 6.07) is 0. The Balaban J connectivity index is 1.87. The van der Waals surface area contributed by atoms with E-state index in [4.69, 9.17) is 10.3 Å². The zero-order chi connectivity index (χ0) is 9.31. The van der Waals surface area contributed by atoms with E-state index in [0.29, 0.717) is 31.8 Å². The molecule has 2 fully saturated rings. The highest BCUT2D eigenvalue weighted by Gasteiger charge is 2.49. The lowest BCUT2D eigenvalue weighted by molar-refractivity contribution is -0.132. The number of hydrogen-bond donors (Lipinski definition) is 0. The molecule has 1 aliphatic heterocycles. The summed E-state index contributed by atoms with van der Waals surface area (Å²) >= 11 is 0. The minimum Gasteiger partial charge on any atom is -0.377 e. The Hall–Kier alpha value is -1.06. The predicted molar refractivity (Wildman–Crippen MR) is 45.0 cm³/mol. The maximum Gasteiger partial charge on any atom is 0.134 e. The molecule has 70 valence electrons. The van der Waals surface area contributed by atoms with Crippen molar-refractivity contribution in [2.75, 3.05) is 13.2 Å². The van der Waals surface area contributed by atoms with Crippen molar-refractivity contribution >= 4 is 5.78 Å². The highest BCUT2D eigenvalue weighted by molar-refractivity contribution is 5.86. The number of azide groups is 1. The normalized spacial score (nSPS) is 29.8. The van der Waals surface area contributed by atoms with Gasteiger partial charge in [-0.3, -0.25) is 4.79 Å². The van der Waals surface area contributed by atoms with E-state index in [-0.39, 0.29) is 11.5 Å². The minimum absolute atomic E-state index is 0.0315. The molecule has 0 radical (unpaired) electrons. The zero-order valence-electron chi connectivity index (χ0n) is 7.27. The lowest BCUT2D eigenvalue weighted by Crippen LogP contribution is -2.38. The van der Waals surface area contributed by atoms with Crippen molar-refractivity contribution in [2.24, 2.45) is 10.5 Å². The van der Waals surface area contributed by atoms with Gasteiger partial charge in [0.05, 0.1) is 19.3 Å². The second-order valence-corrected chi connectivity index (χ2v) is 3.94. The molecule has 1 atom stereocenters. The van der Waals surface area contributed by atoms with Crippen LogP contribution in [0.15, 0.2) is 5.11 Å². The second kappa shape index (κ2) is 3.01. The maximum absolute atomic E-state index is 10.8. The summed E-state index contributed by atoms with van der Waals surface area (Å²) in [6.45, 7) is 1.05. The van der Waals surface area contributed by atoms with E-state index in [2.05, 4.69) is 10.0 Å². The van der Waals surface area contributed by atoms with Gasteiger partial charge >= 0.3 is 0 Å². The highest BCUT2D eigenvalue weighted by Crippen LogP contribution is 2.47. The molecule has 1 saturated carbocycles. The van der Waals surface area contributed by atoms with Crippen LogP contribution in [-0.2, 0) is 9.53 Å². The molecule has 0 bridgehead atoms. The van der Waals surface area contributed by atoms with Crippen LogP contribution in [-0.4, -0.2) is 25.0 Å². The molecule has 0 amide bonds. The molecule has 1 saturated heterocycles. The van der Waals surface area contributed by atoms with Crippen molar-refractivity contribution in [2.45, 2.75) is 25.4 Å². The van der Waals surface area contributed by atoms with Crippen LogP contribution < -0.4 is 0 Å². The summed E-state index contributed by atoms with van der Waals surface area (Å²) in [5.41, 5.74) is 8.22. The summed E-state index contributed by atoms with van der Waals surface area (Å²) in [5.74, 6) is 0.327. The lowest BCUT2D eigenvalue weighted by Gasteiger charge is -2.34. The van der Waals surface area contributed by atoms with E-state index in [1.54, 1.807) is 0 Å². The van der Waals surface area contributed by atoms with Gasteiger partial charge in [-0.05, 0) is 12.0 Å². The summed E-state index contributed by atoms with van der Waals surface area (Å²) in [6.07, 6.45) is 2.21. The molecule has 0 unspecified atom stereocenters. The number of carbonyl (C=O) groups excluding carboxylic acids is 1. The van der Waals surface area contributed by atoms with Gasteiger partial charge < -0.3 is 4.74 Å². The lowest BCUT2D eigenvalue weighted by atomic mass is 9.67. The molecule has 5 nitrogen and oxygen atoms in total. The van der Waals surface area contributed by atoms with Crippen molar-refractivity contribution in [1.29, 1.82) is 0 Å². The number of hydrogen-bond acceptors (Lipinski definition) is 3. The number of Topliss-reactive ketones (excluding diaryl/α,β-unsaturated/α-hetero) is 1. The van der Waals surface area contributed by atoms with Crippen LogP contribution in [0.25, 0.3) is 10.4 Å². The van der Waals surface area contributed by atoms with Crippen molar-refractivity contribution in [3.05, 3.63) is 10.4 Å². The Labute approximate surface area is 75.7 Å². The molecule has 1 aliphatic carbocycles. The Kier molecular flexibility index (Phi) is 1.98. The van der Waals surface area contributed by atoms with Gasteiger partial charge in [0, 0.05) is 23.2 Å². The van der Waals surface area contributed by atoms with Gasteiger partial charge in [-0.15, -0.1) is 0 Å². The molecule has 0 aromatic carbocycles. The summed E-state index contributed by atoms with van der Waals surface area (Å²) in [4.78, 5) is 13.5. The average molecular weight is 181 g/mol. The molecular formula is C8H11N3O2. The number of ether oxygens (including phenoxy) is 1. The number of nitrogens with zero attached hydrogens (tertiary/aromatic N) is 3. The first-order valence-electron chi connectivity index (χ1n) is 4.38. The van der Waals surface area contributed by atoms with Gasteiger partial charge in [0.2, 0.25) is 0 Å². The fourth-order valence-corrected chi connectivity index (χ4v) is 2.17. The Bertz CT molecular complexity index is 275. The predicted octanol–water partition coefficient (Wildman–Crippen LogP) is 1.43. The van der Waals surface area contributed by atoms with E-state index >= 15 is 0 Å². The van der Waals surface area contributed by atoms with Crippen molar-refractivity contribution in [3.8, 4) is 0 Å². The quantitative estimate of drug-likeness (QED) is 0.367. The third kappa shape index (κ3) is 1.53. The average Bonchev–Trinajstić information content (AvgIpc) is 2.45. The molecule has 2 aliphatic rings. The van der Waals surface area contributed by atoms with Crippen LogP contribution >= 0.6 is 0 Å². The smallest absolute Gasteiger partial charge is 0.134 e. The topological polar surface area (TPSA) is 75.1 Å². The first-order chi connectivity index (χ1) is 6.24. The molecule has 13 heavy (non-hydrogen) atoms. The first-order valence-corrected chi connectivity index (χ1v) is 4.38. The van der Waals surface area contributed by atoms with Gasteiger partial charge in [0.25, 0.3) is 0 Å². The molecule has 0 aromatic rings. The van der Waals surface area contributed by atoms with E-state index in [1.807, 2.05) is 0 Å². The number of carbonyl (C=O) groups is 1. The van der Waals surface area contributed by atoms with Crippen LogP contribution in [0.4, 0.5) is 0 Å². The monoisotopic (exact) mass is 181 g/mol. The SMILES string of the molecule is [N-]=[N+]=NC[C@H]1CC2(CO1)CC(=O)C2. The summed E-state index contributed by atoms with van der Waals surface area (Å²) in [5, 5.41) is 3.47. The van der Waals surface area contributed by atoms with Crippen LogP contribution in [0.5, 0.6) is 0 Å². The zero-order valence-corrected chi connectivity index (χ0v) is 7.27. The summed E-state index contributed by atoms with van der Waals surface area (Å²) in [7, 11) is 0. The van der Waals surface area contributed by atoms with Gasteiger partial charge in [-0.1, -0.05) is 5.11 Å². The maximum atomic E-state index is 10.8. The van der Waals surface area contributed by atoms with Crippen LogP contribution in [0, 0.1) is 5.41 Å². The van der Waals surface area contributed by atoms with Gasteiger partial charge in [-0.25, -0.2) is 0 Å². The van der Waals surface area contributed by atoms with Gasteiger partial charge in [-0.2, -0.15) is 0 Å². The molecular weight excluding hydrogens is 170 g/mol. The summed E-state index contributed by atoms with van der Waals surface area (Å²) < 4.78 is 5.44. The molecule has 5 heteroatoms. The van der Waals surface area contributed by atoms with Gasteiger partial charge in [0.15, 0.2) is 0 Å². The molecule has 0 aromatic heterocycles. The Morgan fingerprint density at radius 1 is 1.69 bits per heavy atom. The van der Waals surface area contributed by atoms with Crippen LogP contribution in [0.2, 0.25) is 0 Å². The largest absolute Gasteiger partial charge is 0.377 e. The third-order valence-electron chi connectivity index (χ3n) is 2.78. The van der Waals surface area contributed by atoms with E-state index < -0.39 is 0 Å². The first kappa shape index (κ1) is 8.53. The molecule has 0 N–H and O–H groups in total. The van der Waals surface area contributed by atoms with Crippen molar-refractivity contribution in [1.82, 2.24) is 0 Å². The highest BCUT2D eigenvalue weighted by atomic mass is 16.5. The third-order valence-corrected chi connectivity index (χ3v) is 2.78.